The zero-order chi connectivity index (χ0) is 13.1. The fourth-order valence-corrected chi connectivity index (χ4v) is 2.30. The molecule has 1 aliphatic heterocycles. The Morgan fingerprint density at radius 1 is 1.26 bits per heavy atom. The molecule has 0 amide bonds. The van der Waals surface area contributed by atoms with Gasteiger partial charge in [-0.15, -0.1) is 0 Å². The van der Waals surface area contributed by atoms with Crippen molar-refractivity contribution in [1.82, 2.24) is 4.98 Å². The first-order valence-electron chi connectivity index (χ1n) is 6.16. The van der Waals surface area contributed by atoms with Crippen LogP contribution in [0.3, 0.4) is 0 Å². The van der Waals surface area contributed by atoms with Crippen molar-refractivity contribution in [2.24, 2.45) is 0 Å². The summed E-state index contributed by atoms with van der Waals surface area (Å²) in [4.78, 5) is 4.32. The van der Waals surface area contributed by atoms with E-state index in [0.29, 0.717) is 6.61 Å². The number of hydrogen-bond acceptors (Lipinski definition) is 3. The van der Waals surface area contributed by atoms with Crippen LogP contribution >= 0.6 is 0 Å². The topological polar surface area (TPSA) is 45.9 Å². The Morgan fingerprint density at radius 2 is 2.21 bits per heavy atom. The van der Waals surface area contributed by atoms with Crippen LogP contribution in [0.5, 0.6) is 5.75 Å². The fraction of sp³-hybridized carbons (Fsp3) is 0.125. The van der Waals surface area contributed by atoms with Crippen molar-refractivity contribution in [2.75, 3.05) is 6.61 Å². The molecule has 3 rings (SSSR count). The Morgan fingerprint density at radius 3 is 3.00 bits per heavy atom. The Kier molecular flexibility index (Phi) is 2.99. The predicted octanol–water partition coefficient (Wildman–Crippen LogP) is 2.97. The van der Waals surface area contributed by atoms with Crippen LogP contribution in [0, 0.1) is 11.3 Å². The van der Waals surface area contributed by atoms with Gasteiger partial charge in [-0.05, 0) is 17.7 Å². The normalized spacial score (nSPS) is 13.5. The van der Waals surface area contributed by atoms with Gasteiger partial charge in [-0.3, -0.25) is 4.98 Å². The van der Waals surface area contributed by atoms with E-state index >= 15 is 0 Å². The molecule has 0 atom stereocenters. The summed E-state index contributed by atoms with van der Waals surface area (Å²) in [6, 6.07) is 13.8. The number of aromatic nitrogens is 1. The van der Waals surface area contributed by atoms with E-state index in [1.165, 1.54) is 11.6 Å². The van der Waals surface area contributed by atoms with E-state index < -0.39 is 0 Å². The molecule has 0 saturated heterocycles. The first-order chi connectivity index (χ1) is 9.40. The standard InChI is InChI=1S/C16H12N2O/c17-9-7-13(15-6-1-2-10-18-15)14-5-3-4-12-8-11-19-16(12)14/h1-7,10H,8,11H2. The number of benzene rings is 1. The summed E-state index contributed by atoms with van der Waals surface area (Å²) in [5.41, 5.74) is 3.72. The van der Waals surface area contributed by atoms with Crippen molar-refractivity contribution in [3.05, 3.63) is 65.5 Å². The van der Waals surface area contributed by atoms with Gasteiger partial charge in [-0.25, -0.2) is 0 Å². The lowest BCUT2D eigenvalue weighted by Crippen LogP contribution is -1.95. The summed E-state index contributed by atoms with van der Waals surface area (Å²) in [5.74, 6) is 0.884. The van der Waals surface area contributed by atoms with Crippen molar-refractivity contribution in [2.45, 2.75) is 6.42 Å². The van der Waals surface area contributed by atoms with Gasteiger partial charge in [0, 0.05) is 29.8 Å². The van der Waals surface area contributed by atoms with Crippen LogP contribution in [-0.4, -0.2) is 11.6 Å². The molecule has 0 bridgehead atoms. The van der Waals surface area contributed by atoms with Crippen LogP contribution in [0.25, 0.3) is 5.57 Å². The number of fused-ring (bicyclic) bond motifs is 1. The van der Waals surface area contributed by atoms with Crippen LogP contribution in [0.1, 0.15) is 16.8 Å². The Hall–Kier alpha value is -2.60. The minimum absolute atomic E-state index is 0.703. The van der Waals surface area contributed by atoms with Crippen molar-refractivity contribution in [1.29, 1.82) is 5.26 Å². The first-order valence-corrected chi connectivity index (χ1v) is 6.16. The van der Waals surface area contributed by atoms with Gasteiger partial charge in [-0.2, -0.15) is 5.26 Å². The van der Waals surface area contributed by atoms with E-state index in [0.717, 1.165) is 29.0 Å². The van der Waals surface area contributed by atoms with Crippen molar-refractivity contribution in [3.8, 4) is 11.8 Å². The molecule has 92 valence electrons. The number of rotatable bonds is 2. The number of para-hydroxylation sites is 1. The van der Waals surface area contributed by atoms with Crippen molar-refractivity contribution < 1.29 is 4.74 Å². The lowest BCUT2D eigenvalue weighted by Gasteiger charge is -2.10. The smallest absolute Gasteiger partial charge is 0.130 e. The van der Waals surface area contributed by atoms with Crippen LogP contribution in [-0.2, 0) is 6.42 Å². The molecule has 0 spiro atoms. The largest absolute Gasteiger partial charge is 0.492 e. The van der Waals surface area contributed by atoms with Crippen LogP contribution in [0.15, 0.2) is 48.7 Å². The lowest BCUT2D eigenvalue weighted by molar-refractivity contribution is 0.356. The highest BCUT2D eigenvalue weighted by Crippen LogP contribution is 2.36. The van der Waals surface area contributed by atoms with Crippen molar-refractivity contribution in [3.63, 3.8) is 0 Å². The van der Waals surface area contributed by atoms with Gasteiger partial charge >= 0.3 is 0 Å². The minimum atomic E-state index is 0.703. The number of hydrogen-bond donors (Lipinski definition) is 0. The molecule has 0 aliphatic carbocycles. The maximum absolute atomic E-state index is 9.01. The van der Waals surface area contributed by atoms with Crippen molar-refractivity contribution >= 4 is 5.57 Å². The SMILES string of the molecule is N#CC=C(c1ccccn1)c1cccc2c1OCC2. The summed E-state index contributed by atoms with van der Waals surface area (Å²) in [6.07, 6.45) is 4.18. The summed E-state index contributed by atoms with van der Waals surface area (Å²) >= 11 is 0. The molecule has 3 heteroatoms. The molecule has 0 unspecified atom stereocenters. The highest BCUT2D eigenvalue weighted by atomic mass is 16.5. The number of ether oxygens (including phenoxy) is 1. The Bertz CT molecular complexity index is 669. The van der Waals surface area contributed by atoms with E-state index in [2.05, 4.69) is 17.1 Å². The molecular weight excluding hydrogens is 236 g/mol. The molecule has 2 heterocycles. The van der Waals surface area contributed by atoms with Gasteiger partial charge in [0.25, 0.3) is 0 Å². The van der Waals surface area contributed by atoms with Gasteiger partial charge in [-0.1, -0.05) is 24.3 Å². The van der Waals surface area contributed by atoms with Crippen LogP contribution < -0.4 is 4.74 Å². The minimum Gasteiger partial charge on any atom is -0.492 e. The predicted molar refractivity (Wildman–Crippen MR) is 72.6 cm³/mol. The van der Waals surface area contributed by atoms with Gasteiger partial charge in [0.05, 0.1) is 18.4 Å². The second-order valence-electron chi connectivity index (χ2n) is 4.29. The number of nitriles is 1. The molecule has 0 saturated carbocycles. The maximum Gasteiger partial charge on any atom is 0.130 e. The van der Waals surface area contributed by atoms with E-state index in [4.69, 9.17) is 10.00 Å². The highest BCUT2D eigenvalue weighted by Gasteiger charge is 2.19. The zero-order valence-electron chi connectivity index (χ0n) is 10.3. The summed E-state index contributed by atoms with van der Waals surface area (Å²) in [6.45, 7) is 0.703. The summed E-state index contributed by atoms with van der Waals surface area (Å²) in [5, 5.41) is 9.01. The van der Waals surface area contributed by atoms with Crippen LogP contribution in [0.4, 0.5) is 0 Å². The molecule has 0 N–H and O–H groups in total. The van der Waals surface area contributed by atoms with E-state index in [-0.39, 0.29) is 0 Å². The third-order valence-electron chi connectivity index (χ3n) is 3.15. The fourth-order valence-electron chi connectivity index (χ4n) is 2.30. The lowest BCUT2D eigenvalue weighted by atomic mass is 9.98. The van der Waals surface area contributed by atoms with Gasteiger partial charge in [0.1, 0.15) is 5.75 Å². The monoisotopic (exact) mass is 248 g/mol. The van der Waals surface area contributed by atoms with Crippen LogP contribution in [0.2, 0.25) is 0 Å². The number of nitrogens with zero attached hydrogens (tertiary/aromatic N) is 2. The van der Waals surface area contributed by atoms with E-state index in [1.807, 2.05) is 30.3 Å². The van der Waals surface area contributed by atoms with Gasteiger partial charge in [0.2, 0.25) is 0 Å². The summed E-state index contributed by atoms with van der Waals surface area (Å²) in [7, 11) is 0. The van der Waals surface area contributed by atoms with Gasteiger partial charge in [0.15, 0.2) is 0 Å². The summed E-state index contributed by atoms with van der Waals surface area (Å²) < 4.78 is 5.70. The second-order valence-corrected chi connectivity index (χ2v) is 4.29. The number of pyridine rings is 1. The average Bonchev–Trinajstić information content (AvgIpc) is 2.94. The first kappa shape index (κ1) is 11.5. The number of allylic oxidation sites excluding steroid dienone is 1. The third kappa shape index (κ3) is 2.09. The van der Waals surface area contributed by atoms with E-state index in [1.54, 1.807) is 6.20 Å². The van der Waals surface area contributed by atoms with E-state index in [9.17, 15) is 0 Å². The maximum atomic E-state index is 9.01. The molecule has 1 aliphatic rings. The molecule has 1 aromatic carbocycles. The molecule has 19 heavy (non-hydrogen) atoms. The Balaban J connectivity index is 2.16. The molecule has 0 radical (unpaired) electrons. The molecule has 3 nitrogen and oxygen atoms in total. The molecular formula is C16H12N2O. The highest BCUT2D eigenvalue weighted by molar-refractivity contribution is 5.83. The molecule has 1 aromatic heterocycles. The molecule has 2 aromatic rings. The molecule has 0 fully saturated rings. The quantitative estimate of drug-likeness (QED) is 0.767. The van der Waals surface area contributed by atoms with Gasteiger partial charge < -0.3 is 4.74 Å². The Labute approximate surface area is 111 Å². The average molecular weight is 248 g/mol. The zero-order valence-corrected chi connectivity index (χ0v) is 10.3. The third-order valence-corrected chi connectivity index (χ3v) is 3.15. The second kappa shape index (κ2) is 4.95.